The smallest absolute Gasteiger partial charge is 0.317 e. The van der Waals surface area contributed by atoms with Crippen LogP contribution < -0.4 is 5.32 Å². The first kappa shape index (κ1) is 14.3. The van der Waals surface area contributed by atoms with Crippen molar-refractivity contribution >= 4 is 12.0 Å². The number of nitrogens with one attached hydrogen (secondary N) is 1. The number of likely N-dealkylation sites (tertiary alicyclic amines) is 1. The van der Waals surface area contributed by atoms with Crippen LogP contribution in [0.25, 0.3) is 0 Å². The number of aromatic nitrogens is 2. The summed E-state index contributed by atoms with van der Waals surface area (Å²) in [5.41, 5.74) is 0. The third-order valence-electron chi connectivity index (χ3n) is 3.51. The predicted molar refractivity (Wildman–Crippen MR) is 67.9 cm³/mol. The average Bonchev–Trinajstić information content (AvgIpc) is 2.91. The lowest BCUT2D eigenvalue weighted by molar-refractivity contribution is -0.143. The fourth-order valence-corrected chi connectivity index (χ4v) is 2.38. The van der Waals surface area contributed by atoms with Crippen molar-refractivity contribution in [2.24, 2.45) is 5.92 Å². The quantitative estimate of drug-likeness (QED) is 0.832. The lowest BCUT2D eigenvalue weighted by Crippen LogP contribution is -2.50. The largest absolute Gasteiger partial charge is 0.481 e. The van der Waals surface area contributed by atoms with Gasteiger partial charge in [0.05, 0.1) is 5.92 Å². The normalized spacial score (nSPS) is 22.6. The number of hydrogen-bond acceptors (Lipinski definition) is 5. The second-order valence-corrected chi connectivity index (χ2v) is 4.92. The summed E-state index contributed by atoms with van der Waals surface area (Å²) >= 11 is 0. The molecule has 0 bridgehead atoms. The molecule has 1 fully saturated rings. The van der Waals surface area contributed by atoms with E-state index < -0.39 is 5.97 Å². The van der Waals surface area contributed by atoms with Gasteiger partial charge in [0.25, 0.3) is 0 Å². The van der Waals surface area contributed by atoms with E-state index in [1.807, 2.05) is 6.92 Å². The van der Waals surface area contributed by atoms with Crippen molar-refractivity contribution in [3.63, 3.8) is 0 Å². The molecule has 0 aliphatic carbocycles. The highest BCUT2D eigenvalue weighted by Gasteiger charge is 2.31. The molecule has 0 saturated carbocycles. The summed E-state index contributed by atoms with van der Waals surface area (Å²) in [6.45, 7) is 2.74. The molecular formula is C12H18N4O4. The van der Waals surface area contributed by atoms with Crippen LogP contribution in [0.1, 0.15) is 25.7 Å². The molecule has 0 aromatic carbocycles. The molecular weight excluding hydrogens is 264 g/mol. The molecule has 8 heteroatoms. The Morgan fingerprint density at radius 1 is 1.60 bits per heavy atom. The van der Waals surface area contributed by atoms with E-state index in [1.54, 1.807) is 4.90 Å². The lowest BCUT2D eigenvalue weighted by Gasteiger charge is -2.36. The van der Waals surface area contributed by atoms with Gasteiger partial charge in [-0.15, -0.1) is 0 Å². The molecule has 0 spiro atoms. The summed E-state index contributed by atoms with van der Waals surface area (Å²) in [6.07, 6.45) is 2.78. The first-order valence-corrected chi connectivity index (χ1v) is 6.60. The summed E-state index contributed by atoms with van der Waals surface area (Å²) in [6, 6.07) is -0.255. The zero-order valence-electron chi connectivity index (χ0n) is 11.3. The molecule has 2 amide bonds. The lowest BCUT2D eigenvalue weighted by atomic mass is 9.92. The van der Waals surface area contributed by atoms with Crippen LogP contribution in [0.15, 0.2) is 10.9 Å². The topological polar surface area (TPSA) is 109 Å². The number of amides is 2. The summed E-state index contributed by atoms with van der Waals surface area (Å²) in [7, 11) is 0. The molecule has 2 N–H and O–H groups in total. The van der Waals surface area contributed by atoms with Gasteiger partial charge in [0.15, 0.2) is 6.33 Å². The fourth-order valence-electron chi connectivity index (χ4n) is 2.38. The number of piperidine rings is 1. The van der Waals surface area contributed by atoms with Crippen LogP contribution >= 0.6 is 0 Å². The molecule has 1 saturated heterocycles. The molecule has 2 rings (SSSR count). The number of nitrogens with zero attached hydrogens (tertiary/aromatic N) is 3. The minimum absolute atomic E-state index is 0.0757. The number of rotatable bonds is 4. The first-order valence-electron chi connectivity index (χ1n) is 6.60. The van der Waals surface area contributed by atoms with Crippen molar-refractivity contribution in [3.05, 3.63) is 12.2 Å². The zero-order chi connectivity index (χ0) is 14.5. The van der Waals surface area contributed by atoms with Crippen molar-refractivity contribution in [2.75, 3.05) is 13.1 Å². The number of hydrogen-bond donors (Lipinski definition) is 2. The monoisotopic (exact) mass is 282 g/mol. The van der Waals surface area contributed by atoms with Crippen LogP contribution in [0.2, 0.25) is 0 Å². The standard InChI is InChI=1S/C12H18N4O4/c1-8-6-9(11(17)18)3-5-16(8)12(19)13-4-2-10-14-7-15-20-10/h7-9H,2-6H2,1H3,(H,13,19)(H,17,18). The van der Waals surface area contributed by atoms with E-state index in [0.29, 0.717) is 38.2 Å². The zero-order valence-corrected chi connectivity index (χ0v) is 11.3. The fraction of sp³-hybridized carbons (Fsp3) is 0.667. The molecule has 2 atom stereocenters. The van der Waals surface area contributed by atoms with Gasteiger partial charge in [-0.25, -0.2) is 4.79 Å². The van der Waals surface area contributed by atoms with Crippen molar-refractivity contribution in [1.82, 2.24) is 20.4 Å². The highest BCUT2D eigenvalue weighted by atomic mass is 16.5. The molecule has 1 aliphatic heterocycles. The second-order valence-electron chi connectivity index (χ2n) is 4.92. The van der Waals surface area contributed by atoms with Gasteiger partial charge in [0.2, 0.25) is 5.89 Å². The highest BCUT2D eigenvalue weighted by molar-refractivity contribution is 5.75. The van der Waals surface area contributed by atoms with Crippen LogP contribution in [0.4, 0.5) is 4.79 Å². The van der Waals surface area contributed by atoms with Gasteiger partial charge >= 0.3 is 12.0 Å². The molecule has 2 unspecified atom stereocenters. The molecule has 20 heavy (non-hydrogen) atoms. The van der Waals surface area contributed by atoms with Crippen LogP contribution in [-0.2, 0) is 11.2 Å². The van der Waals surface area contributed by atoms with Crippen LogP contribution in [0.5, 0.6) is 0 Å². The van der Waals surface area contributed by atoms with Gasteiger partial charge in [0, 0.05) is 25.6 Å². The minimum atomic E-state index is -0.784. The van der Waals surface area contributed by atoms with E-state index >= 15 is 0 Å². The van der Waals surface area contributed by atoms with Crippen LogP contribution in [-0.4, -0.2) is 51.3 Å². The molecule has 1 aromatic rings. The third kappa shape index (κ3) is 3.46. The van der Waals surface area contributed by atoms with Gasteiger partial charge in [-0.3, -0.25) is 4.79 Å². The number of urea groups is 1. The second kappa shape index (κ2) is 6.36. The van der Waals surface area contributed by atoms with E-state index in [4.69, 9.17) is 9.63 Å². The van der Waals surface area contributed by atoms with E-state index in [9.17, 15) is 9.59 Å². The Morgan fingerprint density at radius 2 is 2.40 bits per heavy atom. The Labute approximate surface area is 116 Å². The van der Waals surface area contributed by atoms with E-state index in [-0.39, 0.29) is 18.0 Å². The molecule has 1 aliphatic rings. The number of aliphatic carboxylic acids is 1. The predicted octanol–water partition coefficient (Wildman–Crippen LogP) is 0.507. The van der Waals surface area contributed by atoms with Crippen molar-refractivity contribution in [1.29, 1.82) is 0 Å². The molecule has 8 nitrogen and oxygen atoms in total. The van der Waals surface area contributed by atoms with Gasteiger partial charge < -0.3 is 19.8 Å². The molecule has 110 valence electrons. The van der Waals surface area contributed by atoms with Crippen molar-refractivity contribution in [2.45, 2.75) is 32.2 Å². The summed E-state index contributed by atoms with van der Waals surface area (Å²) in [4.78, 5) is 28.5. The Balaban J connectivity index is 1.76. The average molecular weight is 282 g/mol. The van der Waals surface area contributed by atoms with Gasteiger partial charge in [0.1, 0.15) is 0 Å². The number of carbonyl (C=O) groups excluding carboxylic acids is 1. The van der Waals surface area contributed by atoms with Crippen LogP contribution in [0, 0.1) is 5.92 Å². The summed E-state index contributed by atoms with van der Waals surface area (Å²) < 4.78 is 4.83. The van der Waals surface area contributed by atoms with E-state index in [0.717, 1.165) is 0 Å². The first-order chi connectivity index (χ1) is 9.58. The maximum absolute atomic E-state index is 12.0. The maximum atomic E-state index is 12.0. The Kier molecular flexibility index (Phi) is 4.54. The highest BCUT2D eigenvalue weighted by Crippen LogP contribution is 2.22. The maximum Gasteiger partial charge on any atom is 0.317 e. The third-order valence-corrected chi connectivity index (χ3v) is 3.51. The van der Waals surface area contributed by atoms with Gasteiger partial charge in [-0.2, -0.15) is 4.98 Å². The Bertz CT molecular complexity index is 462. The van der Waals surface area contributed by atoms with Gasteiger partial charge in [-0.1, -0.05) is 5.16 Å². The number of carboxylic acids is 1. The van der Waals surface area contributed by atoms with Gasteiger partial charge in [-0.05, 0) is 19.8 Å². The molecule has 1 aromatic heterocycles. The molecule has 0 radical (unpaired) electrons. The molecule has 2 heterocycles. The van der Waals surface area contributed by atoms with E-state index in [1.165, 1.54) is 6.33 Å². The SMILES string of the molecule is CC1CC(C(=O)O)CCN1C(=O)NCCc1ncno1. The Morgan fingerprint density at radius 3 is 3.00 bits per heavy atom. The van der Waals surface area contributed by atoms with Crippen LogP contribution in [0.3, 0.4) is 0 Å². The van der Waals surface area contributed by atoms with Crippen molar-refractivity contribution in [3.8, 4) is 0 Å². The van der Waals surface area contributed by atoms with E-state index in [2.05, 4.69) is 15.5 Å². The summed E-state index contributed by atoms with van der Waals surface area (Å²) in [5, 5.41) is 15.2. The van der Waals surface area contributed by atoms with Crippen molar-refractivity contribution < 1.29 is 19.2 Å². The summed E-state index contributed by atoms with van der Waals surface area (Å²) in [5.74, 6) is -0.663. The number of carboxylic acid groups (broad SMARTS) is 1. The minimum Gasteiger partial charge on any atom is -0.481 e. The number of carbonyl (C=O) groups is 2. The Hall–Kier alpha value is -2.12.